The van der Waals surface area contributed by atoms with E-state index in [-0.39, 0.29) is 24.9 Å². The summed E-state index contributed by atoms with van der Waals surface area (Å²) in [5, 5.41) is 2.83. The Morgan fingerprint density at radius 3 is 2.61 bits per heavy atom. The van der Waals surface area contributed by atoms with Crippen LogP contribution >= 0.6 is 0 Å². The molecule has 0 radical (unpaired) electrons. The predicted molar refractivity (Wildman–Crippen MR) is 97.5 cm³/mol. The number of aliphatic imine (C=N–C) groups is 1. The standard InChI is InChI=1S/C18H21F3N4O3/c1-26-14-6-5-12(8-15(14)27-2)9-24-17(22)25-10-13-4-3-7-23-16(13)28-11-18(19,20)21/h3-8H,9-11H2,1-2H3,(H3,22,24,25). The molecule has 3 N–H and O–H groups in total. The molecule has 1 aromatic heterocycles. The molecule has 1 aromatic carbocycles. The second-order valence-corrected chi connectivity index (χ2v) is 5.62. The van der Waals surface area contributed by atoms with Crippen molar-refractivity contribution in [2.75, 3.05) is 20.8 Å². The second-order valence-electron chi connectivity index (χ2n) is 5.62. The molecule has 0 saturated carbocycles. The van der Waals surface area contributed by atoms with Crippen LogP contribution in [-0.4, -0.2) is 37.9 Å². The number of alkyl halides is 3. The molecule has 28 heavy (non-hydrogen) atoms. The molecular formula is C18H21F3N4O3. The Bertz CT molecular complexity index is 813. The maximum Gasteiger partial charge on any atom is 0.422 e. The molecule has 0 aliphatic carbocycles. The van der Waals surface area contributed by atoms with Crippen LogP contribution in [0.3, 0.4) is 0 Å². The number of ether oxygens (including phenoxy) is 3. The third-order valence-electron chi connectivity index (χ3n) is 3.56. The van der Waals surface area contributed by atoms with E-state index in [1.54, 1.807) is 31.4 Å². The van der Waals surface area contributed by atoms with Gasteiger partial charge in [0.15, 0.2) is 24.1 Å². The van der Waals surface area contributed by atoms with Gasteiger partial charge in [0.05, 0.1) is 20.8 Å². The van der Waals surface area contributed by atoms with E-state index in [9.17, 15) is 13.2 Å². The fraction of sp³-hybridized carbons (Fsp3) is 0.333. The van der Waals surface area contributed by atoms with Crippen LogP contribution in [0.15, 0.2) is 41.5 Å². The number of hydrogen-bond donors (Lipinski definition) is 2. The van der Waals surface area contributed by atoms with E-state index in [1.165, 1.54) is 13.3 Å². The molecule has 7 nitrogen and oxygen atoms in total. The van der Waals surface area contributed by atoms with Crippen LogP contribution in [-0.2, 0) is 13.1 Å². The minimum atomic E-state index is -4.44. The van der Waals surface area contributed by atoms with Gasteiger partial charge < -0.3 is 25.3 Å². The third kappa shape index (κ3) is 6.53. The Morgan fingerprint density at radius 2 is 1.93 bits per heavy atom. The molecule has 0 aliphatic rings. The molecule has 0 aliphatic heterocycles. The highest BCUT2D eigenvalue weighted by Crippen LogP contribution is 2.27. The molecule has 2 rings (SSSR count). The van der Waals surface area contributed by atoms with Gasteiger partial charge in [0, 0.05) is 18.3 Å². The zero-order chi connectivity index (χ0) is 20.6. The molecular weight excluding hydrogens is 377 g/mol. The lowest BCUT2D eigenvalue weighted by Gasteiger charge is -2.13. The van der Waals surface area contributed by atoms with Crippen molar-refractivity contribution in [3.8, 4) is 17.4 Å². The van der Waals surface area contributed by atoms with Gasteiger partial charge in [0.25, 0.3) is 0 Å². The largest absolute Gasteiger partial charge is 0.493 e. The van der Waals surface area contributed by atoms with E-state index in [0.717, 1.165) is 5.56 Å². The van der Waals surface area contributed by atoms with Crippen molar-refractivity contribution in [2.24, 2.45) is 10.7 Å². The topological polar surface area (TPSA) is 91.0 Å². The molecule has 0 saturated heterocycles. The Kier molecular flexibility index (Phi) is 7.30. The van der Waals surface area contributed by atoms with Gasteiger partial charge in [-0.25, -0.2) is 9.98 Å². The summed E-state index contributed by atoms with van der Waals surface area (Å²) in [5.74, 6) is 1.19. The number of benzene rings is 1. The van der Waals surface area contributed by atoms with Crippen molar-refractivity contribution in [3.63, 3.8) is 0 Å². The summed E-state index contributed by atoms with van der Waals surface area (Å²) < 4.78 is 52.1. The van der Waals surface area contributed by atoms with E-state index in [4.69, 9.17) is 19.9 Å². The van der Waals surface area contributed by atoms with Crippen LogP contribution in [0.1, 0.15) is 11.1 Å². The molecule has 10 heteroatoms. The van der Waals surface area contributed by atoms with E-state index in [0.29, 0.717) is 17.1 Å². The number of nitrogens with one attached hydrogen (secondary N) is 1. The lowest BCUT2D eigenvalue weighted by Crippen LogP contribution is -2.31. The normalized spacial score (nSPS) is 11.8. The van der Waals surface area contributed by atoms with Crippen LogP contribution < -0.4 is 25.3 Å². The first kappa shape index (κ1) is 21.1. The number of nitrogens with two attached hydrogens (primary N) is 1. The number of nitrogens with zero attached hydrogens (tertiary/aromatic N) is 2. The van der Waals surface area contributed by atoms with E-state index in [2.05, 4.69) is 15.3 Å². The van der Waals surface area contributed by atoms with E-state index < -0.39 is 12.8 Å². The number of aromatic nitrogens is 1. The van der Waals surface area contributed by atoms with E-state index in [1.807, 2.05) is 6.07 Å². The van der Waals surface area contributed by atoms with Crippen molar-refractivity contribution < 1.29 is 27.4 Å². The molecule has 0 unspecified atom stereocenters. The quantitative estimate of drug-likeness (QED) is 0.525. The number of rotatable bonds is 8. The van der Waals surface area contributed by atoms with Gasteiger partial charge in [-0.2, -0.15) is 13.2 Å². The zero-order valence-electron chi connectivity index (χ0n) is 15.4. The van der Waals surface area contributed by atoms with Crippen molar-refractivity contribution in [2.45, 2.75) is 19.3 Å². The van der Waals surface area contributed by atoms with Gasteiger partial charge in [-0.05, 0) is 23.8 Å². The highest BCUT2D eigenvalue weighted by Gasteiger charge is 2.29. The Morgan fingerprint density at radius 1 is 1.18 bits per heavy atom. The fourth-order valence-corrected chi connectivity index (χ4v) is 2.24. The molecule has 0 bridgehead atoms. The summed E-state index contributed by atoms with van der Waals surface area (Å²) in [6.45, 7) is -1.02. The first-order chi connectivity index (χ1) is 13.3. The summed E-state index contributed by atoms with van der Waals surface area (Å²) in [4.78, 5) is 8.02. The maximum atomic E-state index is 12.3. The maximum absolute atomic E-state index is 12.3. The first-order valence-electron chi connectivity index (χ1n) is 8.20. The number of halogens is 3. The van der Waals surface area contributed by atoms with Crippen molar-refractivity contribution in [1.29, 1.82) is 0 Å². The zero-order valence-corrected chi connectivity index (χ0v) is 15.4. The van der Waals surface area contributed by atoms with E-state index >= 15 is 0 Å². The molecule has 1 heterocycles. The van der Waals surface area contributed by atoms with Crippen LogP contribution in [0.25, 0.3) is 0 Å². The summed E-state index contributed by atoms with van der Waals surface area (Å²) in [7, 11) is 3.08. The van der Waals surface area contributed by atoms with Gasteiger partial charge in [0.1, 0.15) is 0 Å². The van der Waals surface area contributed by atoms with Gasteiger partial charge in [-0.1, -0.05) is 12.1 Å². The van der Waals surface area contributed by atoms with Crippen LogP contribution in [0.4, 0.5) is 13.2 Å². The Hall–Kier alpha value is -3.17. The van der Waals surface area contributed by atoms with Gasteiger partial charge >= 0.3 is 6.18 Å². The monoisotopic (exact) mass is 398 g/mol. The summed E-state index contributed by atoms with van der Waals surface area (Å²) in [5.41, 5.74) is 7.10. The molecule has 0 spiro atoms. The molecule has 152 valence electrons. The van der Waals surface area contributed by atoms with Crippen LogP contribution in [0.5, 0.6) is 17.4 Å². The second kappa shape index (κ2) is 9.67. The average molecular weight is 398 g/mol. The third-order valence-corrected chi connectivity index (χ3v) is 3.56. The SMILES string of the molecule is COc1ccc(CN=C(N)NCc2cccnc2OCC(F)(F)F)cc1OC. The Balaban J connectivity index is 1.96. The number of pyridine rings is 1. The Labute approximate surface area is 160 Å². The average Bonchev–Trinajstić information content (AvgIpc) is 2.68. The van der Waals surface area contributed by atoms with Crippen molar-refractivity contribution >= 4 is 5.96 Å². The highest BCUT2D eigenvalue weighted by molar-refractivity contribution is 5.77. The van der Waals surface area contributed by atoms with Crippen LogP contribution in [0.2, 0.25) is 0 Å². The fourth-order valence-electron chi connectivity index (χ4n) is 2.24. The summed E-state index contributed by atoms with van der Waals surface area (Å²) in [6.07, 6.45) is -3.09. The number of hydrogen-bond acceptors (Lipinski definition) is 5. The van der Waals surface area contributed by atoms with Crippen molar-refractivity contribution in [1.82, 2.24) is 10.3 Å². The summed E-state index contributed by atoms with van der Waals surface area (Å²) >= 11 is 0. The van der Waals surface area contributed by atoms with Gasteiger partial charge in [0.2, 0.25) is 5.88 Å². The minimum Gasteiger partial charge on any atom is -0.493 e. The number of guanidine groups is 1. The predicted octanol–water partition coefficient (Wildman–Crippen LogP) is 2.64. The number of methoxy groups -OCH3 is 2. The molecule has 0 atom stereocenters. The van der Waals surface area contributed by atoms with Gasteiger partial charge in [-0.3, -0.25) is 0 Å². The first-order valence-corrected chi connectivity index (χ1v) is 8.20. The minimum absolute atomic E-state index is 0.111. The molecule has 2 aromatic rings. The lowest BCUT2D eigenvalue weighted by atomic mass is 10.2. The van der Waals surface area contributed by atoms with Crippen molar-refractivity contribution in [3.05, 3.63) is 47.7 Å². The smallest absolute Gasteiger partial charge is 0.422 e. The highest BCUT2D eigenvalue weighted by atomic mass is 19.4. The lowest BCUT2D eigenvalue weighted by molar-refractivity contribution is -0.154. The molecule has 0 amide bonds. The van der Waals surface area contributed by atoms with Gasteiger partial charge in [-0.15, -0.1) is 0 Å². The van der Waals surface area contributed by atoms with Crippen LogP contribution in [0, 0.1) is 0 Å². The molecule has 0 fully saturated rings. The summed E-state index contributed by atoms with van der Waals surface area (Å²) in [6, 6.07) is 8.54.